The lowest BCUT2D eigenvalue weighted by Gasteiger charge is -2.29. The number of ether oxygens (including phenoxy) is 1. The van der Waals surface area contributed by atoms with Crippen LogP contribution in [-0.4, -0.2) is 41.1 Å². The number of anilines is 1. The van der Waals surface area contributed by atoms with Crippen LogP contribution in [0.2, 0.25) is 0 Å². The van der Waals surface area contributed by atoms with Gasteiger partial charge < -0.3 is 14.7 Å². The Balaban J connectivity index is 2.16. The van der Waals surface area contributed by atoms with Gasteiger partial charge in [-0.15, -0.1) is 0 Å². The molecule has 1 N–H and O–H groups in total. The van der Waals surface area contributed by atoms with Gasteiger partial charge in [-0.05, 0) is 18.2 Å². The zero-order valence-electron chi connectivity index (χ0n) is 11.3. The summed E-state index contributed by atoms with van der Waals surface area (Å²) in [6.45, 7) is 1.45. The third-order valence-corrected chi connectivity index (χ3v) is 3.45. The van der Waals surface area contributed by atoms with Crippen molar-refractivity contribution in [3.05, 3.63) is 30.0 Å². The lowest BCUT2D eigenvalue weighted by Crippen LogP contribution is -2.29. The fourth-order valence-corrected chi connectivity index (χ4v) is 2.41. The zero-order chi connectivity index (χ0) is 14.3. The Labute approximate surface area is 116 Å². The van der Waals surface area contributed by atoms with Gasteiger partial charge in [0.15, 0.2) is 11.4 Å². The number of fused-ring (bicyclic) bond motifs is 1. The summed E-state index contributed by atoms with van der Waals surface area (Å²) in [5.41, 5.74) is 2.63. The number of aryl methyl sites for hydroxylation is 1. The number of likely N-dealkylation sites (N-methyl/N-ethyl adjacent to an activating group) is 1. The second-order valence-electron chi connectivity index (χ2n) is 4.77. The molecule has 20 heavy (non-hydrogen) atoms. The zero-order valence-corrected chi connectivity index (χ0v) is 11.3. The predicted octanol–water partition coefficient (Wildman–Crippen LogP) is 1.61. The number of carboxylic acids is 1. The molecule has 6 nitrogen and oxygen atoms in total. The number of carboxylic acid groups (broad SMARTS) is 1. The Morgan fingerprint density at radius 2 is 2.20 bits per heavy atom. The van der Waals surface area contributed by atoms with Gasteiger partial charge in [0.05, 0.1) is 17.9 Å². The van der Waals surface area contributed by atoms with Crippen LogP contribution in [0.5, 0.6) is 5.75 Å². The number of benzene rings is 1. The lowest BCUT2D eigenvalue weighted by molar-refractivity contribution is 0.0689. The lowest BCUT2D eigenvalue weighted by atomic mass is 10.1. The van der Waals surface area contributed by atoms with E-state index in [1.165, 1.54) is 0 Å². The first-order valence-corrected chi connectivity index (χ1v) is 6.32. The molecule has 104 valence electrons. The highest BCUT2D eigenvalue weighted by Crippen LogP contribution is 2.39. The van der Waals surface area contributed by atoms with Gasteiger partial charge in [0, 0.05) is 19.7 Å². The standard InChI is InChI=1S/C14H15N3O3/c1-16-6-7-20-13-9(4-3-5-11(13)16)12-8-10(14(18)19)15-17(12)2/h3-5,8H,6-7H2,1-2H3,(H,18,19). The van der Waals surface area contributed by atoms with Crippen LogP contribution in [0.3, 0.4) is 0 Å². The summed E-state index contributed by atoms with van der Waals surface area (Å²) < 4.78 is 7.34. The molecule has 0 saturated carbocycles. The first-order chi connectivity index (χ1) is 9.58. The SMILES string of the molecule is CN1CCOc2c(-c3cc(C(=O)O)nn3C)cccc21. The van der Waals surface area contributed by atoms with Crippen molar-refractivity contribution in [2.45, 2.75) is 0 Å². The second-order valence-corrected chi connectivity index (χ2v) is 4.77. The first-order valence-electron chi connectivity index (χ1n) is 6.32. The maximum Gasteiger partial charge on any atom is 0.356 e. The van der Waals surface area contributed by atoms with Gasteiger partial charge in [0.2, 0.25) is 0 Å². The van der Waals surface area contributed by atoms with Crippen molar-refractivity contribution in [1.82, 2.24) is 9.78 Å². The fourth-order valence-electron chi connectivity index (χ4n) is 2.41. The van der Waals surface area contributed by atoms with E-state index in [1.54, 1.807) is 17.8 Å². The maximum absolute atomic E-state index is 11.0. The highest BCUT2D eigenvalue weighted by atomic mass is 16.5. The van der Waals surface area contributed by atoms with E-state index in [0.717, 1.165) is 29.2 Å². The molecule has 0 aliphatic carbocycles. The molecule has 6 heteroatoms. The van der Waals surface area contributed by atoms with Crippen LogP contribution in [0.4, 0.5) is 5.69 Å². The third kappa shape index (κ3) is 1.89. The minimum Gasteiger partial charge on any atom is -0.489 e. The number of rotatable bonds is 2. The van der Waals surface area contributed by atoms with Crippen LogP contribution < -0.4 is 9.64 Å². The van der Waals surface area contributed by atoms with Crippen molar-refractivity contribution >= 4 is 11.7 Å². The molecule has 0 unspecified atom stereocenters. The van der Waals surface area contributed by atoms with Crippen molar-refractivity contribution in [1.29, 1.82) is 0 Å². The van der Waals surface area contributed by atoms with Crippen molar-refractivity contribution in [2.75, 3.05) is 25.1 Å². The number of carbonyl (C=O) groups is 1. The van der Waals surface area contributed by atoms with Gasteiger partial charge >= 0.3 is 5.97 Å². The highest BCUT2D eigenvalue weighted by Gasteiger charge is 2.22. The molecule has 2 heterocycles. The summed E-state index contributed by atoms with van der Waals surface area (Å²) in [6, 6.07) is 7.41. The van der Waals surface area contributed by atoms with Crippen LogP contribution in [0, 0.1) is 0 Å². The molecule has 0 fully saturated rings. The second kappa shape index (κ2) is 4.56. The summed E-state index contributed by atoms with van der Waals surface area (Å²) in [5.74, 6) is -0.254. The number of hydrogen-bond donors (Lipinski definition) is 1. The van der Waals surface area contributed by atoms with E-state index in [2.05, 4.69) is 10.00 Å². The van der Waals surface area contributed by atoms with E-state index in [1.807, 2.05) is 25.2 Å². The van der Waals surface area contributed by atoms with E-state index in [-0.39, 0.29) is 5.69 Å². The molecule has 0 atom stereocenters. The Morgan fingerprint density at radius 3 is 2.90 bits per heavy atom. The molecule has 2 aromatic rings. The Kier molecular flexibility index (Phi) is 2.85. The van der Waals surface area contributed by atoms with E-state index < -0.39 is 5.97 Å². The molecule has 0 saturated heterocycles. The van der Waals surface area contributed by atoms with Gasteiger partial charge in [0.25, 0.3) is 0 Å². The molecule has 1 aliphatic heterocycles. The smallest absolute Gasteiger partial charge is 0.356 e. The predicted molar refractivity (Wildman–Crippen MR) is 74.4 cm³/mol. The molecule has 0 spiro atoms. The maximum atomic E-state index is 11.0. The number of nitrogens with zero attached hydrogens (tertiary/aromatic N) is 3. The van der Waals surface area contributed by atoms with Crippen molar-refractivity contribution in [3.8, 4) is 17.0 Å². The van der Waals surface area contributed by atoms with Crippen molar-refractivity contribution < 1.29 is 14.6 Å². The Morgan fingerprint density at radius 1 is 1.40 bits per heavy atom. The summed E-state index contributed by atoms with van der Waals surface area (Å²) in [7, 11) is 3.74. The van der Waals surface area contributed by atoms with Gasteiger partial charge in [-0.2, -0.15) is 5.10 Å². The van der Waals surface area contributed by atoms with Crippen LogP contribution in [0.25, 0.3) is 11.3 Å². The number of hydrogen-bond acceptors (Lipinski definition) is 4. The molecule has 1 aliphatic rings. The van der Waals surface area contributed by atoms with Gasteiger partial charge in [-0.3, -0.25) is 4.68 Å². The largest absolute Gasteiger partial charge is 0.489 e. The van der Waals surface area contributed by atoms with Gasteiger partial charge in [0.1, 0.15) is 6.61 Å². The molecule has 1 aromatic carbocycles. The summed E-state index contributed by atoms with van der Waals surface area (Å²) in [5, 5.41) is 13.0. The average Bonchev–Trinajstić information content (AvgIpc) is 2.81. The minimum atomic E-state index is -1.03. The number of para-hydroxylation sites is 1. The third-order valence-electron chi connectivity index (χ3n) is 3.45. The Hall–Kier alpha value is -2.50. The van der Waals surface area contributed by atoms with Gasteiger partial charge in [-0.1, -0.05) is 6.07 Å². The number of aromatic carboxylic acids is 1. The molecule has 3 rings (SSSR count). The average molecular weight is 273 g/mol. The number of aromatic nitrogens is 2. The normalized spacial score (nSPS) is 13.8. The molecule has 1 aromatic heterocycles. The van der Waals surface area contributed by atoms with E-state index >= 15 is 0 Å². The summed E-state index contributed by atoms with van der Waals surface area (Å²) >= 11 is 0. The van der Waals surface area contributed by atoms with Crippen LogP contribution in [0.1, 0.15) is 10.5 Å². The molecular formula is C14H15N3O3. The topological polar surface area (TPSA) is 67.6 Å². The van der Waals surface area contributed by atoms with Crippen LogP contribution in [0.15, 0.2) is 24.3 Å². The molecular weight excluding hydrogens is 258 g/mol. The first kappa shape index (κ1) is 12.5. The summed E-state index contributed by atoms with van der Waals surface area (Å²) in [4.78, 5) is 13.1. The minimum absolute atomic E-state index is 0.0317. The van der Waals surface area contributed by atoms with Crippen molar-refractivity contribution in [3.63, 3.8) is 0 Å². The highest BCUT2D eigenvalue weighted by molar-refractivity contribution is 5.88. The van der Waals surface area contributed by atoms with E-state index in [9.17, 15) is 4.79 Å². The van der Waals surface area contributed by atoms with Crippen molar-refractivity contribution in [2.24, 2.45) is 7.05 Å². The van der Waals surface area contributed by atoms with E-state index in [0.29, 0.717) is 6.61 Å². The fraction of sp³-hybridized carbons (Fsp3) is 0.286. The Bertz CT molecular complexity index is 678. The summed E-state index contributed by atoms with van der Waals surface area (Å²) in [6.07, 6.45) is 0. The quantitative estimate of drug-likeness (QED) is 0.900. The molecule has 0 amide bonds. The monoisotopic (exact) mass is 273 g/mol. The van der Waals surface area contributed by atoms with Crippen LogP contribution >= 0.6 is 0 Å². The van der Waals surface area contributed by atoms with Crippen LogP contribution in [-0.2, 0) is 7.05 Å². The molecule has 0 radical (unpaired) electrons. The van der Waals surface area contributed by atoms with Gasteiger partial charge in [-0.25, -0.2) is 4.79 Å². The van der Waals surface area contributed by atoms with E-state index in [4.69, 9.17) is 9.84 Å². The molecule has 0 bridgehead atoms.